The molecule has 2 rings (SSSR count). The van der Waals surface area contributed by atoms with Gasteiger partial charge in [-0.05, 0) is 6.42 Å². The predicted octanol–water partition coefficient (Wildman–Crippen LogP) is -0.294. The smallest absolute Gasteiger partial charge is 0.162 e. The zero-order valence-corrected chi connectivity index (χ0v) is 5.25. The Kier molecular flexibility index (Phi) is 1.22. The lowest BCUT2D eigenvalue weighted by Gasteiger charge is -2.07. The monoisotopic (exact) mass is 129 g/mol. The maximum absolute atomic E-state index is 5.71. The van der Waals surface area contributed by atoms with E-state index >= 15 is 0 Å². The van der Waals surface area contributed by atoms with Gasteiger partial charge in [-0.3, -0.25) is 0 Å². The zero-order valence-electron chi connectivity index (χ0n) is 5.25. The van der Waals surface area contributed by atoms with Crippen molar-refractivity contribution in [1.29, 1.82) is 0 Å². The molecule has 0 spiro atoms. The first-order chi connectivity index (χ1) is 4.38. The molecule has 2 N–H and O–H groups in total. The van der Waals surface area contributed by atoms with Crippen molar-refractivity contribution in [3.8, 4) is 0 Å². The molecule has 0 bridgehead atoms. The van der Waals surface area contributed by atoms with Crippen LogP contribution in [0.15, 0.2) is 0 Å². The van der Waals surface area contributed by atoms with Gasteiger partial charge in [-0.1, -0.05) is 0 Å². The molecular weight excluding hydrogens is 118 g/mol. The van der Waals surface area contributed by atoms with E-state index < -0.39 is 0 Å². The topological polar surface area (TPSA) is 44.5 Å². The van der Waals surface area contributed by atoms with Gasteiger partial charge in [0.1, 0.15) is 0 Å². The van der Waals surface area contributed by atoms with Crippen LogP contribution in [0.5, 0.6) is 0 Å². The van der Waals surface area contributed by atoms with Crippen LogP contribution in [0.4, 0.5) is 0 Å². The third kappa shape index (κ3) is 0.764. The molecule has 0 aromatic heterocycles. The lowest BCUT2D eigenvalue weighted by Crippen LogP contribution is -2.28. The van der Waals surface area contributed by atoms with Gasteiger partial charge in [0.25, 0.3) is 0 Å². The Bertz CT molecular complexity index is 118. The maximum Gasteiger partial charge on any atom is 0.162 e. The number of hydrogen-bond donors (Lipinski definition) is 1. The molecule has 0 unspecified atom stereocenters. The van der Waals surface area contributed by atoms with Gasteiger partial charge in [-0.15, -0.1) is 0 Å². The van der Waals surface area contributed by atoms with Crippen LogP contribution in [0.2, 0.25) is 0 Å². The van der Waals surface area contributed by atoms with Crippen molar-refractivity contribution in [2.75, 3.05) is 13.2 Å². The third-order valence-electron chi connectivity index (χ3n) is 2.09. The van der Waals surface area contributed by atoms with Gasteiger partial charge in [0.2, 0.25) is 0 Å². The molecule has 9 heavy (non-hydrogen) atoms. The average molecular weight is 129 g/mol. The van der Waals surface area contributed by atoms with Crippen LogP contribution in [0.25, 0.3) is 0 Å². The summed E-state index contributed by atoms with van der Waals surface area (Å²) >= 11 is 0. The summed E-state index contributed by atoms with van der Waals surface area (Å²) in [4.78, 5) is 0. The minimum absolute atomic E-state index is 0.0278. The highest BCUT2D eigenvalue weighted by Crippen LogP contribution is 2.29. The first kappa shape index (κ1) is 5.65. The third-order valence-corrected chi connectivity index (χ3v) is 2.09. The number of ether oxygens (including phenoxy) is 2. The number of hydrogen-bond acceptors (Lipinski definition) is 3. The second-order valence-electron chi connectivity index (χ2n) is 2.69. The van der Waals surface area contributed by atoms with Gasteiger partial charge >= 0.3 is 0 Å². The van der Waals surface area contributed by atoms with Crippen LogP contribution >= 0.6 is 0 Å². The fraction of sp³-hybridized carbons (Fsp3) is 1.00. The van der Waals surface area contributed by atoms with E-state index in [-0.39, 0.29) is 12.3 Å². The largest absolute Gasteiger partial charge is 0.352 e. The normalized spacial score (nSPS) is 49.7. The maximum atomic E-state index is 5.71. The molecule has 2 heterocycles. The summed E-state index contributed by atoms with van der Waals surface area (Å²) in [6.07, 6.45) is 1.10. The lowest BCUT2D eigenvalue weighted by atomic mass is 10.0. The number of nitrogens with two attached hydrogens (primary N) is 1. The summed E-state index contributed by atoms with van der Waals surface area (Å²) in [7, 11) is 0. The average Bonchev–Trinajstić information content (AvgIpc) is 2.35. The molecule has 0 aromatic rings. The van der Waals surface area contributed by atoms with Crippen LogP contribution in [0.3, 0.4) is 0 Å². The van der Waals surface area contributed by atoms with E-state index in [1.54, 1.807) is 0 Å². The molecule has 2 fully saturated rings. The molecule has 3 nitrogen and oxygen atoms in total. The molecule has 0 aliphatic carbocycles. The predicted molar refractivity (Wildman–Crippen MR) is 31.8 cm³/mol. The van der Waals surface area contributed by atoms with E-state index in [0.717, 1.165) is 13.0 Å². The molecule has 2 aliphatic heterocycles. The number of rotatable bonds is 0. The second-order valence-corrected chi connectivity index (χ2v) is 2.69. The summed E-state index contributed by atoms with van der Waals surface area (Å²) in [6, 6.07) is 0.220. The Balaban J connectivity index is 2.07. The highest BCUT2D eigenvalue weighted by molar-refractivity contribution is 4.84. The Morgan fingerprint density at radius 1 is 1.33 bits per heavy atom. The highest BCUT2D eigenvalue weighted by atomic mass is 16.7. The summed E-state index contributed by atoms with van der Waals surface area (Å²) in [5.41, 5.74) is 5.71. The van der Waals surface area contributed by atoms with Gasteiger partial charge in [-0.25, -0.2) is 0 Å². The Morgan fingerprint density at radius 2 is 2.22 bits per heavy atom. The minimum atomic E-state index is 0.0278. The summed E-state index contributed by atoms with van der Waals surface area (Å²) in [5.74, 6) is 0.477. The van der Waals surface area contributed by atoms with Crippen molar-refractivity contribution in [3.63, 3.8) is 0 Å². The van der Waals surface area contributed by atoms with Crippen molar-refractivity contribution < 1.29 is 9.47 Å². The molecule has 3 heteroatoms. The van der Waals surface area contributed by atoms with E-state index in [4.69, 9.17) is 15.2 Å². The van der Waals surface area contributed by atoms with Gasteiger partial charge in [0.15, 0.2) is 6.29 Å². The Hall–Kier alpha value is -0.120. The van der Waals surface area contributed by atoms with Gasteiger partial charge in [-0.2, -0.15) is 0 Å². The molecule has 3 atom stereocenters. The molecule has 2 aliphatic rings. The van der Waals surface area contributed by atoms with Crippen LogP contribution in [0.1, 0.15) is 6.42 Å². The SMILES string of the molecule is N[C@@H]1CO[C@H]2OCC[C@@H]21. The highest BCUT2D eigenvalue weighted by Gasteiger charge is 2.39. The van der Waals surface area contributed by atoms with Gasteiger partial charge in [0.05, 0.1) is 13.2 Å². The fourth-order valence-electron chi connectivity index (χ4n) is 1.50. The van der Waals surface area contributed by atoms with E-state index in [0.29, 0.717) is 12.5 Å². The summed E-state index contributed by atoms with van der Waals surface area (Å²) in [6.45, 7) is 1.50. The summed E-state index contributed by atoms with van der Waals surface area (Å²) < 4.78 is 10.5. The van der Waals surface area contributed by atoms with Crippen LogP contribution in [-0.2, 0) is 9.47 Å². The summed E-state index contributed by atoms with van der Waals surface area (Å²) in [5, 5.41) is 0. The molecular formula is C6H11NO2. The molecule has 0 amide bonds. The lowest BCUT2D eigenvalue weighted by molar-refractivity contribution is -0.0905. The first-order valence-electron chi connectivity index (χ1n) is 3.37. The van der Waals surface area contributed by atoms with Crippen molar-refractivity contribution in [3.05, 3.63) is 0 Å². The van der Waals surface area contributed by atoms with Crippen LogP contribution in [0, 0.1) is 5.92 Å². The van der Waals surface area contributed by atoms with Crippen molar-refractivity contribution >= 4 is 0 Å². The van der Waals surface area contributed by atoms with Gasteiger partial charge < -0.3 is 15.2 Å². The van der Waals surface area contributed by atoms with Gasteiger partial charge in [0, 0.05) is 12.0 Å². The Morgan fingerprint density at radius 3 is 3.00 bits per heavy atom. The molecule has 2 saturated heterocycles. The van der Waals surface area contributed by atoms with E-state index in [9.17, 15) is 0 Å². The van der Waals surface area contributed by atoms with Crippen molar-refractivity contribution in [2.45, 2.75) is 18.8 Å². The molecule has 52 valence electrons. The van der Waals surface area contributed by atoms with Crippen molar-refractivity contribution in [2.24, 2.45) is 11.7 Å². The molecule has 0 saturated carbocycles. The zero-order chi connectivity index (χ0) is 6.27. The quantitative estimate of drug-likeness (QED) is 0.488. The van der Waals surface area contributed by atoms with E-state index in [1.165, 1.54) is 0 Å². The molecule has 0 aromatic carbocycles. The van der Waals surface area contributed by atoms with Crippen LogP contribution < -0.4 is 5.73 Å². The van der Waals surface area contributed by atoms with E-state index in [2.05, 4.69) is 0 Å². The second kappa shape index (κ2) is 1.94. The fourth-order valence-corrected chi connectivity index (χ4v) is 1.50. The minimum Gasteiger partial charge on any atom is -0.352 e. The van der Waals surface area contributed by atoms with Crippen LogP contribution in [-0.4, -0.2) is 25.5 Å². The van der Waals surface area contributed by atoms with Crippen molar-refractivity contribution in [1.82, 2.24) is 0 Å². The first-order valence-corrected chi connectivity index (χ1v) is 3.37. The van der Waals surface area contributed by atoms with E-state index in [1.807, 2.05) is 0 Å². The standard InChI is InChI=1S/C6H11NO2/c7-5-3-9-6-4(5)1-2-8-6/h4-6H,1-3,7H2/t4-,5-,6-/m1/s1. The molecule has 0 radical (unpaired) electrons. The Labute approximate surface area is 54.1 Å². The number of fused-ring (bicyclic) bond motifs is 1.